The predicted octanol–water partition coefficient (Wildman–Crippen LogP) is 3.71. The average molecular weight is 296 g/mol. The maximum absolute atomic E-state index is 11.6. The minimum absolute atomic E-state index is 0.0581. The summed E-state index contributed by atoms with van der Waals surface area (Å²) in [5, 5.41) is 0. The van der Waals surface area contributed by atoms with Crippen molar-refractivity contribution in [2.24, 2.45) is 0 Å². The fourth-order valence-electron chi connectivity index (χ4n) is 2.24. The van der Waals surface area contributed by atoms with E-state index in [1.54, 1.807) is 0 Å². The minimum atomic E-state index is 0.0581. The number of piperidine rings is 1. The van der Waals surface area contributed by atoms with Crippen LogP contribution in [0.3, 0.4) is 0 Å². The number of carbonyl (C=O) groups excluding carboxylic acids is 1. The topological polar surface area (TPSA) is 20.3 Å². The Kier molecular flexibility index (Phi) is 3.30. The van der Waals surface area contributed by atoms with Gasteiger partial charge in [0.15, 0.2) is 5.78 Å². The summed E-state index contributed by atoms with van der Waals surface area (Å²) in [4.78, 5) is 13.8. The number of halogens is 1. The molecule has 1 saturated heterocycles. The van der Waals surface area contributed by atoms with E-state index in [-0.39, 0.29) is 5.54 Å². The highest BCUT2D eigenvalue weighted by Gasteiger charge is 2.33. The molecule has 2 nitrogen and oxygen atoms in total. The summed E-state index contributed by atoms with van der Waals surface area (Å²) in [7, 11) is 0. The summed E-state index contributed by atoms with van der Waals surface area (Å²) >= 11 is 3.55. The van der Waals surface area contributed by atoms with Gasteiger partial charge in [0.25, 0.3) is 0 Å². The first-order valence-electron chi connectivity index (χ1n) is 5.96. The Morgan fingerprint density at radius 1 is 1.35 bits per heavy atom. The second-order valence-electron chi connectivity index (χ2n) is 5.37. The first-order valence-corrected chi connectivity index (χ1v) is 6.75. The van der Waals surface area contributed by atoms with Crippen LogP contribution in [0.5, 0.6) is 0 Å². The van der Waals surface area contributed by atoms with Crippen LogP contribution in [0.1, 0.15) is 32.3 Å². The van der Waals surface area contributed by atoms with E-state index in [1.807, 2.05) is 0 Å². The van der Waals surface area contributed by atoms with Gasteiger partial charge in [-0.25, -0.2) is 0 Å². The van der Waals surface area contributed by atoms with Crippen molar-refractivity contribution in [2.45, 2.75) is 39.2 Å². The van der Waals surface area contributed by atoms with Crippen molar-refractivity contribution < 1.29 is 4.79 Å². The molecule has 0 aromatic heterocycles. The lowest BCUT2D eigenvalue weighted by molar-refractivity contribution is -0.119. The van der Waals surface area contributed by atoms with Crippen molar-refractivity contribution in [3.63, 3.8) is 0 Å². The van der Waals surface area contributed by atoms with Gasteiger partial charge < -0.3 is 4.90 Å². The number of ketones is 1. The summed E-state index contributed by atoms with van der Waals surface area (Å²) in [6.07, 6.45) is 1.63. The maximum Gasteiger partial charge on any atom is 0.152 e. The molecule has 0 amide bonds. The second-order valence-corrected chi connectivity index (χ2v) is 6.23. The van der Waals surface area contributed by atoms with Crippen LogP contribution in [0, 0.1) is 6.92 Å². The van der Waals surface area contributed by atoms with Crippen molar-refractivity contribution in [3.8, 4) is 0 Å². The van der Waals surface area contributed by atoms with Gasteiger partial charge in [-0.3, -0.25) is 4.79 Å². The molecule has 0 N–H and O–H groups in total. The number of aryl methyl sites for hydroxylation is 1. The molecule has 0 saturated carbocycles. The van der Waals surface area contributed by atoms with Crippen LogP contribution in [-0.2, 0) is 4.79 Å². The molecule has 1 heterocycles. The van der Waals surface area contributed by atoms with Gasteiger partial charge in [-0.1, -0.05) is 22.0 Å². The van der Waals surface area contributed by atoms with Crippen LogP contribution in [-0.4, -0.2) is 17.9 Å². The van der Waals surface area contributed by atoms with E-state index in [1.165, 1.54) is 5.56 Å². The van der Waals surface area contributed by atoms with Gasteiger partial charge in [0.2, 0.25) is 0 Å². The number of rotatable bonds is 1. The minimum Gasteiger partial charge on any atom is -0.359 e. The standard InChI is InChI=1S/C14H18BrNO/c1-10-4-5-11(8-13(10)15)16-9-12(17)6-7-14(16,2)3/h4-5,8H,6-7,9H2,1-3H3. The number of carbonyl (C=O) groups is 1. The number of benzene rings is 1. The summed E-state index contributed by atoms with van der Waals surface area (Å²) < 4.78 is 1.10. The van der Waals surface area contributed by atoms with Crippen LogP contribution in [0.4, 0.5) is 5.69 Å². The van der Waals surface area contributed by atoms with Crippen molar-refractivity contribution in [1.29, 1.82) is 0 Å². The van der Waals surface area contributed by atoms with Crippen LogP contribution in [0.25, 0.3) is 0 Å². The van der Waals surface area contributed by atoms with Gasteiger partial charge in [-0.05, 0) is 44.9 Å². The fourth-order valence-corrected chi connectivity index (χ4v) is 2.61. The van der Waals surface area contributed by atoms with Gasteiger partial charge in [-0.15, -0.1) is 0 Å². The van der Waals surface area contributed by atoms with Gasteiger partial charge in [0.1, 0.15) is 0 Å². The summed E-state index contributed by atoms with van der Waals surface area (Å²) in [6, 6.07) is 6.30. The third kappa shape index (κ3) is 2.54. The monoisotopic (exact) mass is 295 g/mol. The second kappa shape index (κ2) is 4.45. The van der Waals surface area contributed by atoms with Crippen LogP contribution in [0.2, 0.25) is 0 Å². The molecule has 92 valence electrons. The van der Waals surface area contributed by atoms with Crippen molar-refractivity contribution in [2.75, 3.05) is 11.4 Å². The number of Topliss-reactive ketones (excluding diaryl/α,β-unsaturated/α-hetero) is 1. The summed E-state index contributed by atoms with van der Waals surface area (Å²) in [5.41, 5.74) is 2.40. The normalized spacial score (nSPS) is 19.5. The van der Waals surface area contributed by atoms with Crippen LogP contribution < -0.4 is 4.90 Å². The third-order valence-corrected chi connectivity index (χ3v) is 4.40. The largest absolute Gasteiger partial charge is 0.359 e. The molecule has 1 aromatic carbocycles. The average Bonchev–Trinajstić information content (AvgIpc) is 2.26. The Bertz CT molecular complexity index is 454. The third-order valence-electron chi connectivity index (χ3n) is 3.55. The lowest BCUT2D eigenvalue weighted by atomic mass is 9.89. The highest BCUT2D eigenvalue weighted by Crippen LogP contribution is 2.33. The molecule has 0 atom stereocenters. The maximum atomic E-state index is 11.6. The van der Waals surface area contributed by atoms with E-state index in [2.05, 4.69) is 59.8 Å². The predicted molar refractivity (Wildman–Crippen MR) is 74.5 cm³/mol. The molecular formula is C14H18BrNO. The smallest absolute Gasteiger partial charge is 0.152 e. The Morgan fingerprint density at radius 2 is 2.06 bits per heavy atom. The summed E-state index contributed by atoms with van der Waals surface area (Å²) in [6.45, 7) is 7.00. The highest BCUT2D eigenvalue weighted by molar-refractivity contribution is 9.10. The van der Waals surface area contributed by atoms with E-state index < -0.39 is 0 Å². The quantitative estimate of drug-likeness (QED) is 0.787. The molecule has 1 aliphatic rings. The molecule has 1 aliphatic heterocycles. The molecule has 0 bridgehead atoms. The number of nitrogens with zero attached hydrogens (tertiary/aromatic N) is 1. The molecule has 3 heteroatoms. The van der Waals surface area contributed by atoms with E-state index in [0.29, 0.717) is 18.7 Å². The molecule has 0 radical (unpaired) electrons. The first kappa shape index (κ1) is 12.6. The van der Waals surface area contributed by atoms with E-state index in [9.17, 15) is 4.79 Å². The van der Waals surface area contributed by atoms with Gasteiger partial charge in [0, 0.05) is 22.1 Å². The molecule has 1 aromatic rings. The SMILES string of the molecule is Cc1ccc(N2CC(=O)CCC2(C)C)cc1Br. The molecule has 1 fully saturated rings. The van der Waals surface area contributed by atoms with Gasteiger partial charge in [-0.2, -0.15) is 0 Å². The van der Waals surface area contributed by atoms with E-state index in [4.69, 9.17) is 0 Å². The number of hydrogen-bond acceptors (Lipinski definition) is 2. The van der Waals surface area contributed by atoms with Crippen molar-refractivity contribution >= 4 is 27.4 Å². The molecule has 0 aliphatic carbocycles. The Morgan fingerprint density at radius 3 is 2.71 bits per heavy atom. The van der Waals surface area contributed by atoms with Gasteiger partial charge in [0.05, 0.1) is 6.54 Å². The van der Waals surface area contributed by atoms with E-state index >= 15 is 0 Å². The first-order chi connectivity index (χ1) is 7.90. The van der Waals surface area contributed by atoms with Crippen LogP contribution in [0.15, 0.2) is 22.7 Å². The number of anilines is 1. The Balaban J connectivity index is 2.36. The Labute approximate surface area is 111 Å². The lowest BCUT2D eigenvalue weighted by Gasteiger charge is -2.43. The number of hydrogen-bond donors (Lipinski definition) is 0. The van der Waals surface area contributed by atoms with Gasteiger partial charge >= 0.3 is 0 Å². The zero-order valence-electron chi connectivity index (χ0n) is 10.6. The highest BCUT2D eigenvalue weighted by atomic mass is 79.9. The molecule has 2 rings (SSSR count). The van der Waals surface area contributed by atoms with Crippen molar-refractivity contribution in [3.05, 3.63) is 28.2 Å². The molecular weight excluding hydrogens is 278 g/mol. The molecule has 0 unspecified atom stereocenters. The van der Waals surface area contributed by atoms with E-state index in [0.717, 1.165) is 16.6 Å². The molecule has 0 spiro atoms. The van der Waals surface area contributed by atoms with Crippen molar-refractivity contribution in [1.82, 2.24) is 0 Å². The lowest BCUT2D eigenvalue weighted by Crippen LogP contribution is -2.51. The zero-order valence-corrected chi connectivity index (χ0v) is 12.2. The fraction of sp³-hybridized carbons (Fsp3) is 0.500. The van der Waals surface area contributed by atoms with Crippen LogP contribution >= 0.6 is 15.9 Å². The molecule has 17 heavy (non-hydrogen) atoms. The Hall–Kier alpha value is -0.830. The summed E-state index contributed by atoms with van der Waals surface area (Å²) in [5.74, 6) is 0.334. The zero-order chi connectivity index (χ0) is 12.6.